The predicted octanol–water partition coefficient (Wildman–Crippen LogP) is 2.26. The van der Waals surface area contributed by atoms with Crippen LogP contribution in [0.1, 0.15) is 26.0 Å². The van der Waals surface area contributed by atoms with Gasteiger partial charge in [0.05, 0.1) is 11.2 Å². The summed E-state index contributed by atoms with van der Waals surface area (Å²) in [4.78, 5) is 11.9. The van der Waals surface area contributed by atoms with Gasteiger partial charge in [0, 0.05) is 11.4 Å². The maximum atomic E-state index is 11.9. The highest BCUT2D eigenvalue weighted by Gasteiger charge is 2.11. The van der Waals surface area contributed by atoms with Crippen molar-refractivity contribution in [3.63, 3.8) is 0 Å². The van der Waals surface area contributed by atoms with E-state index in [0.717, 1.165) is 23.0 Å². The summed E-state index contributed by atoms with van der Waals surface area (Å²) in [5.74, 6) is 0.0117. The Morgan fingerprint density at radius 3 is 2.89 bits per heavy atom. The molecule has 0 spiro atoms. The second-order valence-electron chi connectivity index (χ2n) is 4.64. The van der Waals surface area contributed by atoms with Gasteiger partial charge in [-0.3, -0.25) is 9.48 Å². The summed E-state index contributed by atoms with van der Waals surface area (Å²) in [6, 6.07) is 8.18. The molecule has 0 aliphatic rings. The van der Waals surface area contributed by atoms with Crippen LogP contribution in [-0.2, 0) is 11.3 Å². The lowest BCUT2D eigenvalue weighted by Gasteiger charge is -2.11. The first-order valence-electron chi connectivity index (χ1n) is 6.33. The van der Waals surface area contributed by atoms with E-state index in [0.29, 0.717) is 0 Å². The fourth-order valence-corrected chi connectivity index (χ4v) is 1.97. The standard InChI is InChI=1S/C14H19N3O/c1-4-10(2)15-14(18)9-17-13-8-6-5-7-12(13)11(3)16-17/h5-8,10H,4,9H2,1-3H3,(H,15,18). The molecule has 0 radical (unpaired) electrons. The third-order valence-electron chi connectivity index (χ3n) is 3.16. The topological polar surface area (TPSA) is 46.9 Å². The number of aryl methyl sites for hydroxylation is 1. The van der Waals surface area contributed by atoms with Crippen molar-refractivity contribution >= 4 is 16.8 Å². The number of hydrogen-bond donors (Lipinski definition) is 1. The molecular weight excluding hydrogens is 226 g/mol. The van der Waals surface area contributed by atoms with Gasteiger partial charge in [-0.15, -0.1) is 0 Å². The van der Waals surface area contributed by atoms with E-state index < -0.39 is 0 Å². The molecule has 1 aromatic heterocycles. The Morgan fingerprint density at radius 2 is 2.17 bits per heavy atom. The van der Waals surface area contributed by atoms with E-state index in [1.165, 1.54) is 0 Å². The largest absolute Gasteiger partial charge is 0.352 e. The molecule has 18 heavy (non-hydrogen) atoms. The van der Waals surface area contributed by atoms with Gasteiger partial charge in [0.25, 0.3) is 0 Å². The zero-order valence-electron chi connectivity index (χ0n) is 11.1. The monoisotopic (exact) mass is 245 g/mol. The Bertz CT molecular complexity index is 559. The average molecular weight is 245 g/mol. The van der Waals surface area contributed by atoms with Crippen molar-refractivity contribution < 1.29 is 4.79 Å². The number of benzene rings is 1. The number of nitrogens with one attached hydrogen (secondary N) is 1. The van der Waals surface area contributed by atoms with Crippen LogP contribution >= 0.6 is 0 Å². The Hall–Kier alpha value is -1.84. The fraction of sp³-hybridized carbons (Fsp3) is 0.429. The number of nitrogens with zero attached hydrogens (tertiary/aromatic N) is 2. The van der Waals surface area contributed by atoms with Crippen LogP contribution in [0.15, 0.2) is 24.3 Å². The first-order chi connectivity index (χ1) is 8.61. The number of aromatic nitrogens is 2. The Kier molecular flexibility index (Phi) is 3.65. The zero-order chi connectivity index (χ0) is 13.1. The maximum Gasteiger partial charge on any atom is 0.241 e. The normalized spacial score (nSPS) is 12.6. The molecule has 96 valence electrons. The van der Waals surface area contributed by atoms with E-state index in [1.54, 1.807) is 4.68 Å². The Morgan fingerprint density at radius 1 is 1.44 bits per heavy atom. The van der Waals surface area contributed by atoms with Crippen LogP contribution in [0.25, 0.3) is 10.9 Å². The van der Waals surface area contributed by atoms with E-state index >= 15 is 0 Å². The van der Waals surface area contributed by atoms with Crippen molar-refractivity contribution in [3.05, 3.63) is 30.0 Å². The quantitative estimate of drug-likeness (QED) is 0.898. The van der Waals surface area contributed by atoms with Crippen molar-refractivity contribution in [1.82, 2.24) is 15.1 Å². The van der Waals surface area contributed by atoms with Crippen LogP contribution in [0.2, 0.25) is 0 Å². The molecule has 1 N–H and O–H groups in total. The van der Waals surface area contributed by atoms with Gasteiger partial charge in [-0.2, -0.15) is 5.10 Å². The van der Waals surface area contributed by atoms with Gasteiger partial charge < -0.3 is 5.32 Å². The van der Waals surface area contributed by atoms with Crippen molar-refractivity contribution in [1.29, 1.82) is 0 Å². The molecule has 0 saturated heterocycles. The van der Waals surface area contributed by atoms with Gasteiger partial charge in [0.1, 0.15) is 6.54 Å². The van der Waals surface area contributed by atoms with Crippen LogP contribution in [0.3, 0.4) is 0 Å². The maximum absolute atomic E-state index is 11.9. The second-order valence-corrected chi connectivity index (χ2v) is 4.64. The van der Waals surface area contributed by atoms with Crippen molar-refractivity contribution in [2.75, 3.05) is 0 Å². The third-order valence-corrected chi connectivity index (χ3v) is 3.16. The zero-order valence-corrected chi connectivity index (χ0v) is 11.1. The number of rotatable bonds is 4. The number of amides is 1. The smallest absolute Gasteiger partial charge is 0.241 e. The molecule has 4 nitrogen and oxygen atoms in total. The van der Waals surface area contributed by atoms with Gasteiger partial charge in [-0.05, 0) is 26.3 Å². The summed E-state index contributed by atoms with van der Waals surface area (Å²) >= 11 is 0. The Labute approximate surface area is 107 Å². The van der Waals surface area contributed by atoms with Crippen LogP contribution < -0.4 is 5.32 Å². The lowest BCUT2D eigenvalue weighted by Crippen LogP contribution is -2.34. The summed E-state index contributed by atoms with van der Waals surface area (Å²) in [7, 11) is 0. The molecule has 1 unspecified atom stereocenters. The number of carbonyl (C=O) groups is 1. The molecule has 1 amide bonds. The molecular formula is C14H19N3O. The molecule has 0 fully saturated rings. The summed E-state index contributed by atoms with van der Waals surface area (Å²) in [6.07, 6.45) is 0.935. The highest BCUT2D eigenvalue weighted by Crippen LogP contribution is 2.17. The summed E-state index contributed by atoms with van der Waals surface area (Å²) in [6.45, 7) is 6.30. The predicted molar refractivity (Wildman–Crippen MR) is 72.4 cm³/mol. The summed E-state index contributed by atoms with van der Waals surface area (Å²) in [5.41, 5.74) is 1.97. The minimum absolute atomic E-state index is 0.0117. The van der Waals surface area contributed by atoms with Crippen molar-refractivity contribution in [2.24, 2.45) is 0 Å². The molecule has 1 atom stereocenters. The van der Waals surface area contributed by atoms with Gasteiger partial charge in [0.15, 0.2) is 0 Å². The molecule has 0 saturated carbocycles. The van der Waals surface area contributed by atoms with Gasteiger partial charge >= 0.3 is 0 Å². The van der Waals surface area contributed by atoms with Gasteiger partial charge in [0.2, 0.25) is 5.91 Å². The minimum Gasteiger partial charge on any atom is -0.352 e. The molecule has 4 heteroatoms. The van der Waals surface area contributed by atoms with Crippen molar-refractivity contribution in [2.45, 2.75) is 39.8 Å². The van der Waals surface area contributed by atoms with Crippen LogP contribution in [0.5, 0.6) is 0 Å². The summed E-state index contributed by atoms with van der Waals surface area (Å²) < 4.78 is 1.77. The molecule has 0 aliphatic heterocycles. The number of carbonyl (C=O) groups excluding carboxylic acids is 1. The molecule has 2 rings (SSSR count). The third kappa shape index (κ3) is 2.53. The molecule has 0 aliphatic carbocycles. The van der Waals surface area contributed by atoms with Crippen molar-refractivity contribution in [3.8, 4) is 0 Å². The molecule has 2 aromatic rings. The van der Waals surface area contributed by atoms with Gasteiger partial charge in [-0.1, -0.05) is 25.1 Å². The fourth-order valence-electron chi connectivity index (χ4n) is 1.97. The van der Waals surface area contributed by atoms with E-state index in [9.17, 15) is 4.79 Å². The Balaban J connectivity index is 2.19. The average Bonchev–Trinajstić information content (AvgIpc) is 2.67. The van der Waals surface area contributed by atoms with Gasteiger partial charge in [-0.25, -0.2) is 0 Å². The first kappa shape index (κ1) is 12.6. The minimum atomic E-state index is 0.0117. The SMILES string of the molecule is CCC(C)NC(=O)Cn1nc(C)c2ccccc21. The second kappa shape index (κ2) is 5.21. The van der Waals surface area contributed by atoms with Crippen LogP contribution in [0.4, 0.5) is 0 Å². The first-order valence-corrected chi connectivity index (χ1v) is 6.33. The lowest BCUT2D eigenvalue weighted by molar-refractivity contribution is -0.122. The lowest BCUT2D eigenvalue weighted by atomic mass is 10.2. The van der Waals surface area contributed by atoms with Crippen LogP contribution in [-0.4, -0.2) is 21.7 Å². The molecule has 0 bridgehead atoms. The highest BCUT2D eigenvalue weighted by molar-refractivity contribution is 5.84. The van der Waals surface area contributed by atoms with Crippen LogP contribution in [0, 0.1) is 6.92 Å². The number of fused-ring (bicyclic) bond motifs is 1. The number of para-hydroxylation sites is 1. The molecule has 1 aromatic carbocycles. The van der Waals surface area contributed by atoms with E-state index in [-0.39, 0.29) is 18.5 Å². The van der Waals surface area contributed by atoms with E-state index in [1.807, 2.05) is 38.1 Å². The number of hydrogen-bond acceptors (Lipinski definition) is 2. The van der Waals surface area contributed by atoms with E-state index in [2.05, 4.69) is 17.3 Å². The summed E-state index contributed by atoms with van der Waals surface area (Å²) in [5, 5.41) is 8.48. The highest BCUT2D eigenvalue weighted by atomic mass is 16.2. The molecule has 1 heterocycles. The van der Waals surface area contributed by atoms with E-state index in [4.69, 9.17) is 0 Å².